The van der Waals surface area contributed by atoms with Crippen LogP contribution < -0.4 is 4.74 Å². The van der Waals surface area contributed by atoms with Crippen molar-refractivity contribution in [1.82, 2.24) is 9.21 Å². The number of carbonyl (C=O) groups excluding carboxylic acids is 1. The molecule has 144 valence electrons. The van der Waals surface area contributed by atoms with Gasteiger partial charge in [0.05, 0.1) is 12.0 Å². The molecule has 1 fully saturated rings. The van der Waals surface area contributed by atoms with Crippen molar-refractivity contribution in [2.75, 3.05) is 20.2 Å². The van der Waals surface area contributed by atoms with E-state index >= 15 is 0 Å². The first-order valence-electron chi connectivity index (χ1n) is 8.48. The number of sulfonamides is 1. The van der Waals surface area contributed by atoms with Crippen LogP contribution in [0, 0.1) is 6.92 Å². The van der Waals surface area contributed by atoms with Gasteiger partial charge >= 0.3 is 0 Å². The Morgan fingerprint density at radius 2 is 1.81 bits per heavy atom. The van der Waals surface area contributed by atoms with Crippen molar-refractivity contribution in [3.63, 3.8) is 0 Å². The van der Waals surface area contributed by atoms with Gasteiger partial charge in [0.1, 0.15) is 6.17 Å². The first-order valence-corrected chi connectivity index (χ1v) is 9.92. The molecule has 27 heavy (non-hydrogen) atoms. The van der Waals surface area contributed by atoms with Gasteiger partial charge in [-0.3, -0.25) is 4.79 Å². The fourth-order valence-electron chi connectivity index (χ4n) is 3.23. The molecule has 1 amide bonds. The van der Waals surface area contributed by atoms with Gasteiger partial charge in [0.25, 0.3) is 0 Å². The van der Waals surface area contributed by atoms with Crippen LogP contribution in [0.15, 0.2) is 47.4 Å². The Bertz CT molecular complexity index is 957. The van der Waals surface area contributed by atoms with Gasteiger partial charge in [0.15, 0.2) is 11.5 Å². The zero-order valence-electron chi connectivity index (χ0n) is 15.4. The average Bonchev–Trinajstić information content (AvgIpc) is 3.09. The van der Waals surface area contributed by atoms with Crippen LogP contribution in [0.25, 0.3) is 0 Å². The molecule has 1 unspecified atom stereocenters. The third-order valence-corrected chi connectivity index (χ3v) is 6.53. The number of phenols is 1. The number of hydrogen-bond acceptors (Lipinski definition) is 5. The van der Waals surface area contributed by atoms with E-state index in [-0.39, 0.29) is 35.4 Å². The number of benzene rings is 2. The van der Waals surface area contributed by atoms with Crippen LogP contribution in [0.3, 0.4) is 0 Å². The number of phenolic OH excluding ortho intramolecular Hbond substituents is 1. The van der Waals surface area contributed by atoms with Crippen LogP contribution in [0.2, 0.25) is 0 Å². The molecule has 3 rings (SSSR count). The number of aryl methyl sites for hydroxylation is 1. The SMILES string of the molecule is COc1cc(C2N(C(C)=O)CCN2S(=O)(=O)c2ccc(C)cc2)ccc1O. The lowest BCUT2D eigenvalue weighted by Crippen LogP contribution is -2.37. The van der Waals surface area contributed by atoms with Crippen molar-refractivity contribution >= 4 is 15.9 Å². The fraction of sp³-hybridized carbons (Fsp3) is 0.316. The molecule has 0 aliphatic carbocycles. The summed E-state index contributed by atoms with van der Waals surface area (Å²) >= 11 is 0. The van der Waals surface area contributed by atoms with Gasteiger partial charge in [-0.1, -0.05) is 23.8 Å². The number of ether oxygens (including phenoxy) is 1. The molecule has 0 radical (unpaired) electrons. The van der Waals surface area contributed by atoms with Crippen molar-refractivity contribution < 1.29 is 23.1 Å². The van der Waals surface area contributed by atoms with Gasteiger partial charge in [-0.05, 0) is 36.8 Å². The van der Waals surface area contributed by atoms with E-state index in [1.54, 1.807) is 36.4 Å². The molecule has 2 aromatic rings. The zero-order chi connectivity index (χ0) is 19.8. The monoisotopic (exact) mass is 390 g/mol. The lowest BCUT2D eigenvalue weighted by atomic mass is 10.1. The molecule has 1 atom stereocenters. The highest BCUT2D eigenvalue weighted by molar-refractivity contribution is 7.89. The summed E-state index contributed by atoms with van der Waals surface area (Å²) in [5.41, 5.74) is 1.51. The topological polar surface area (TPSA) is 87.2 Å². The number of amides is 1. The predicted molar refractivity (Wildman–Crippen MR) is 99.9 cm³/mol. The summed E-state index contributed by atoms with van der Waals surface area (Å²) in [6, 6.07) is 11.2. The highest BCUT2D eigenvalue weighted by Crippen LogP contribution is 2.38. The Morgan fingerprint density at radius 3 is 2.41 bits per heavy atom. The van der Waals surface area contributed by atoms with E-state index in [0.717, 1.165) is 5.56 Å². The number of rotatable bonds is 4. The van der Waals surface area contributed by atoms with E-state index in [2.05, 4.69) is 0 Å². The summed E-state index contributed by atoms with van der Waals surface area (Å²) in [5.74, 6) is -0.0641. The van der Waals surface area contributed by atoms with E-state index < -0.39 is 16.2 Å². The summed E-state index contributed by atoms with van der Waals surface area (Å²) in [7, 11) is -2.40. The molecule has 8 heteroatoms. The largest absolute Gasteiger partial charge is 0.504 e. The molecular weight excluding hydrogens is 368 g/mol. The smallest absolute Gasteiger partial charge is 0.245 e. The fourth-order valence-corrected chi connectivity index (χ4v) is 4.81. The average molecular weight is 390 g/mol. The van der Waals surface area contributed by atoms with Crippen molar-refractivity contribution in [2.24, 2.45) is 0 Å². The van der Waals surface area contributed by atoms with E-state index in [9.17, 15) is 18.3 Å². The first-order chi connectivity index (χ1) is 12.8. The highest BCUT2D eigenvalue weighted by Gasteiger charge is 2.42. The minimum Gasteiger partial charge on any atom is -0.504 e. The van der Waals surface area contributed by atoms with Crippen molar-refractivity contribution in [1.29, 1.82) is 0 Å². The summed E-state index contributed by atoms with van der Waals surface area (Å²) < 4.78 is 32.9. The van der Waals surface area contributed by atoms with Crippen LogP contribution in [-0.2, 0) is 14.8 Å². The lowest BCUT2D eigenvalue weighted by molar-refractivity contribution is -0.130. The minimum absolute atomic E-state index is 0.0541. The second-order valence-electron chi connectivity index (χ2n) is 6.45. The second-order valence-corrected chi connectivity index (χ2v) is 8.34. The number of aromatic hydroxyl groups is 1. The third-order valence-electron chi connectivity index (χ3n) is 4.66. The molecule has 1 N–H and O–H groups in total. The number of methoxy groups -OCH3 is 1. The second kappa shape index (κ2) is 7.21. The normalized spacial score (nSPS) is 17.9. The van der Waals surface area contributed by atoms with Gasteiger partial charge in [-0.2, -0.15) is 4.31 Å². The van der Waals surface area contributed by atoms with Crippen LogP contribution in [0.5, 0.6) is 11.5 Å². The molecule has 1 saturated heterocycles. The number of carbonyl (C=O) groups is 1. The standard InChI is InChI=1S/C19H22N2O5S/c1-13-4-7-16(8-5-13)27(24,25)21-11-10-20(14(2)22)19(21)15-6-9-17(23)18(12-15)26-3/h4-9,12,19,23H,10-11H2,1-3H3. The molecule has 1 aliphatic heterocycles. The summed E-state index contributed by atoms with van der Waals surface area (Å²) in [4.78, 5) is 13.8. The van der Waals surface area contributed by atoms with Gasteiger partial charge in [0, 0.05) is 20.0 Å². The minimum atomic E-state index is -3.81. The van der Waals surface area contributed by atoms with Gasteiger partial charge in [-0.15, -0.1) is 0 Å². The Kier molecular flexibility index (Phi) is 5.12. The summed E-state index contributed by atoms with van der Waals surface area (Å²) in [5, 5.41) is 9.85. The maximum atomic E-state index is 13.2. The van der Waals surface area contributed by atoms with Crippen LogP contribution in [0.4, 0.5) is 0 Å². The van der Waals surface area contributed by atoms with Crippen molar-refractivity contribution in [2.45, 2.75) is 24.9 Å². The molecular formula is C19H22N2O5S. The quantitative estimate of drug-likeness (QED) is 0.865. The van der Waals surface area contributed by atoms with Gasteiger partial charge in [0.2, 0.25) is 15.9 Å². The number of hydrogen-bond donors (Lipinski definition) is 1. The third kappa shape index (κ3) is 3.50. The first kappa shape index (κ1) is 19.2. The van der Waals surface area contributed by atoms with Crippen LogP contribution >= 0.6 is 0 Å². The predicted octanol–water partition coefficient (Wildman–Crippen LogP) is 2.26. The van der Waals surface area contributed by atoms with E-state index in [1.807, 2.05) is 6.92 Å². The van der Waals surface area contributed by atoms with Crippen LogP contribution in [0.1, 0.15) is 24.2 Å². The number of nitrogens with zero attached hydrogens (tertiary/aromatic N) is 2. The van der Waals surface area contributed by atoms with E-state index in [1.165, 1.54) is 29.3 Å². The molecule has 1 aliphatic rings. The Balaban J connectivity index is 2.08. The highest BCUT2D eigenvalue weighted by atomic mass is 32.2. The Hall–Kier alpha value is -2.58. The molecule has 1 heterocycles. The van der Waals surface area contributed by atoms with Crippen molar-refractivity contribution in [3.05, 3.63) is 53.6 Å². The molecule has 0 saturated carbocycles. The molecule has 0 bridgehead atoms. The van der Waals surface area contributed by atoms with E-state index in [4.69, 9.17) is 4.74 Å². The van der Waals surface area contributed by atoms with E-state index in [0.29, 0.717) is 5.56 Å². The molecule has 7 nitrogen and oxygen atoms in total. The Morgan fingerprint density at radius 1 is 1.15 bits per heavy atom. The van der Waals surface area contributed by atoms with Crippen LogP contribution in [-0.4, -0.2) is 48.8 Å². The zero-order valence-corrected chi connectivity index (χ0v) is 16.2. The maximum absolute atomic E-state index is 13.2. The summed E-state index contributed by atoms with van der Waals surface area (Å²) in [6.07, 6.45) is -0.802. The molecule has 0 aromatic heterocycles. The van der Waals surface area contributed by atoms with Gasteiger partial charge < -0.3 is 14.7 Å². The molecule has 0 spiro atoms. The van der Waals surface area contributed by atoms with Gasteiger partial charge in [-0.25, -0.2) is 8.42 Å². The summed E-state index contributed by atoms with van der Waals surface area (Å²) in [6.45, 7) is 3.76. The molecule has 2 aromatic carbocycles. The maximum Gasteiger partial charge on any atom is 0.245 e. The lowest BCUT2D eigenvalue weighted by Gasteiger charge is -2.29. The van der Waals surface area contributed by atoms with Crippen molar-refractivity contribution in [3.8, 4) is 11.5 Å². The Labute approximate surface area is 158 Å².